The summed E-state index contributed by atoms with van der Waals surface area (Å²) in [7, 11) is 0. The Bertz CT molecular complexity index is 931. The van der Waals surface area contributed by atoms with Gasteiger partial charge in [-0.25, -0.2) is 4.39 Å². The second kappa shape index (κ2) is 9.09. The summed E-state index contributed by atoms with van der Waals surface area (Å²) in [4.78, 5) is 0. The normalized spacial score (nSPS) is 10.9. The van der Waals surface area contributed by atoms with Gasteiger partial charge in [-0.05, 0) is 60.1 Å². The molecular weight excluding hydrogens is 359 g/mol. The predicted molar refractivity (Wildman–Crippen MR) is 113 cm³/mol. The molecule has 2 aromatic carbocycles. The zero-order valence-corrected chi connectivity index (χ0v) is 15.8. The van der Waals surface area contributed by atoms with Crippen LogP contribution in [0.4, 0.5) is 10.1 Å². The fraction of sp³-hybridized carbons (Fsp3) is 0.143. The summed E-state index contributed by atoms with van der Waals surface area (Å²) in [6.45, 7) is 2.74. The molecule has 0 aliphatic carbocycles. The zero-order chi connectivity index (χ0) is 19.1. The number of hydrazone groups is 1. The van der Waals surface area contributed by atoms with Gasteiger partial charge in [-0.1, -0.05) is 37.3 Å². The fourth-order valence-corrected chi connectivity index (χ4v) is 2.90. The van der Waals surface area contributed by atoms with E-state index < -0.39 is 0 Å². The Morgan fingerprint density at radius 2 is 1.89 bits per heavy atom. The van der Waals surface area contributed by atoms with Crippen LogP contribution in [0, 0.1) is 5.82 Å². The second-order valence-electron chi connectivity index (χ2n) is 6.02. The molecule has 1 heterocycles. The number of anilines is 1. The molecule has 0 aliphatic rings. The Morgan fingerprint density at radius 3 is 2.67 bits per heavy atom. The highest BCUT2D eigenvalue weighted by Gasteiger charge is 2.02. The minimum atomic E-state index is -0.233. The minimum absolute atomic E-state index is 0.233. The number of nitrogens with one attached hydrogen (secondary N) is 2. The van der Waals surface area contributed by atoms with Gasteiger partial charge in [0.05, 0.1) is 11.9 Å². The lowest BCUT2D eigenvalue weighted by Crippen LogP contribution is -2.24. The topological polar surface area (TPSA) is 41.4 Å². The molecule has 3 aromatic rings. The van der Waals surface area contributed by atoms with Crippen LogP contribution in [0.15, 0.2) is 72.0 Å². The van der Waals surface area contributed by atoms with Crippen molar-refractivity contribution >= 4 is 29.2 Å². The molecule has 0 saturated carbocycles. The smallest absolute Gasteiger partial charge is 0.191 e. The number of rotatable bonds is 6. The van der Waals surface area contributed by atoms with Crippen molar-refractivity contribution in [2.24, 2.45) is 5.10 Å². The van der Waals surface area contributed by atoms with Crippen LogP contribution in [-0.2, 0) is 13.0 Å². The third-order valence-electron chi connectivity index (χ3n) is 4.14. The number of nitrogens with zero attached hydrogens (tertiary/aromatic N) is 2. The quantitative estimate of drug-likeness (QED) is 0.374. The third-order valence-corrected chi connectivity index (χ3v) is 4.33. The van der Waals surface area contributed by atoms with Crippen molar-refractivity contribution < 1.29 is 4.39 Å². The third kappa shape index (κ3) is 5.24. The van der Waals surface area contributed by atoms with Crippen molar-refractivity contribution in [3.63, 3.8) is 0 Å². The van der Waals surface area contributed by atoms with Gasteiger partial charge in [0.2, 0.25) is 0 Å². The molecule has 3 rings (SSSR count). The molecule has 0 atom stereocenters. The Labute approximate surface area is 163 Å². The van der Waals surface area contributed by atoms with E-state index in [4.69, 9.17) is 12.2 Å². The van der Waals surface area contributed by atoms with Crippen LogP contribution in [0.25, 0.3) is 0 Å². The summed E-state index contributed by atoms with van der Waals surface area (Å²) in [5.74, 6) is -0.233. The molecule has 1 aromatic heterocycles. The molecule has 0 bridgehead atoms. The number of aryl methyl sites for hydroxylation is 1. The summed E-state index contributed by atoms with van der Waals surface area (Å²) in [5, 5.41) is 7.82. The van der Waals surface area contributed by atoms with Crippen LogP contribution in [0.2, 0.25) is 0 Å². The molecular formula is C21H21FN4S. The molecule has 0 amide bonds. The lowest BCUT2D eigenvalue weighted by molar-refractivity contribution is 0.626. The van der Waals surface area contributed by atoms with Crippen LogP contribution in [0.1, 0.15) is 23.7 Å². The molecule has 6 heteroatoms. The summed E-state index contributed by atoms with van der Waals surface area (Å²) in [6.07, 6.45) is 4.59. The number of thiocarbonyl (C=S) groups is 1. The maximum absolute atomic E-state index is 13.0. The molecule has 27 heavy (non-hydrogen) atoms. The summed E-state index contributed by atoms with van der Waals surface area (Å²) in [6, 6.07) is 18.4. The molecule has 0 saturated heterocycles. The van der Waals surface area contributed by atoms with E-state index in [0.717, 1.165) is 23.4 Å². The van der Waals surface area contributed by atoms with Gasteiger partial charge in [0, 0.05) is 18.4 Å². The first kappa shape index (κ1) is 18.8. The van der Waals surface area contributed by atoms with Gasteiger partial charge >= 0.3 is 0 Å². The first-order chi connectivity index (χ1) is 13.2. The Balaban J connectivity index is 1.59. The molecule has 0 spiro atoms. The monoisotopic (exact) mass is 380 g/mol. The maximum Gasteiger partial charge on any atom is 0.191 e. The summed E-state index contributed by atoms with van der Waals surface area (Å²) < 4.78 is 15.1. The number of hydrogen-bond acceptors (Lipinski definition) is 2. The van der Waals surface area contributed by atoms with Gasteiger partial charge in [-0.2, -0.15) is 5.10 Å². The van der Waals surface area contributed by atoms with Crippen molar-refractivity contribution in [1.29, 1.82) is 0 Å². The lowest BCUT2D eigenvalue weighted by atomic mass is 10.1. The highest BCUT2D eigenvalue weighted by Crippen LogP contribution is 2.15. The highest BCUT2D eigenvalue weighted by atomic mass is 32.1. The number of halogens is 1. The van der Waals surface area contributed by atoms with Crippen molar-refractivity contribution in [2.45, 2.75) is 19.9 Å². The lowest BCUT2D eigenvalue weighted by Gasteiger charge is -2.11. The Morgan fingerprint density at radius 1 is 1.11 bits per heavy atom. The number of para-hydroxylation sites is 1. The summed E-state index contributed by atoms with van der Waals surface area (Å²) >= 11 is 5.31. The van der Waals surface area contributed by atoms with Crippen molar-refractivity contribution in [2.75, 3.05) is 5.32 Å². The van der Waals surface area contributed by atoms with E-state index in [2.05, 4.69) is 28.8 Å². The molecule has 138 valence electrons. The van der Waals surface area contributed by atoms with E-state index in [0.29, 0.717) is 11.7 Å². The molecule has 0 aliphatic heterocycles. The maximum atomic E-state index is 13.0. The van der Waals surface area contributed by atoms with Crippen LogP contribution < -0.4 is 10.7 Å². The number of aromatic nitrogens is 1. The minimum Gasteiger partial charge on any atom is -0.342 e. The van der Waals surface area contributed by atoms with E-state index in [1.807, 2.05) is 41.1 Å². The first-order valence-electron chi connectivity index (χ1n) is 8.73. The molecule has 4 nitrogen and oxygen atoms in total. The molecule has 0 fully saturated rings. The van der Waals surface area contributed by atoms with E-state index >= 15 is 0 Å². The van der Waals surface area contributed by atoms with Crippen LogP contribution >= 0.6 is 12.2 Å². The van der Waals surface area contributed by atoms with E-state index in [1.165, 1.54) is 17.7 Å². The Hall–Kier alpha value is -2.99. The average molecular weight is 380 g/mol. The molecule has 0 radical (unpaired) electrons. The van der Waals surface area contributed by atoms with Crippen molar-refractivity contribution in [3.8, 4) is 0 Å². The Kier molecular flexibility index (Phi) is 6.33. The largest absolute Gasteiger partial charge is 0.342 e. The van der Waals surface area contributed by atoms with E-state index in [1.54, 1.807) is 18.3 Å². The van der Waals surface area contributed by atoms with Gasteiger partial charge < -0.3 is 9.88 Å². The van der Waals surface area contributed by atoms with Crippen LogP contribution in [0.3, 0.4) is 0 Å². The predicted octanol–water partition coefficient (Wildman–Crippen LogP) is 4.56. The van der Waals surface area contributed by atoms with Crippen molar-refractivity contribution in [3.05, 3.63) is 89.5 Å². The zero-order valence-electron chi connectivity index (χ0n) is 15.0. The van der Waals surface area contributed by atoms with Crippen molar-refractivity contribution in [1.82, 2.24) is 9.99 Å². The number of benzene rings is 2. The average Bonchev–Trinajstić information content (AvgIpc) is 3.11. The van der Waals surface area contributed by atoms with Gasteiger partial charge in [0.15, 0.2) is 5.11 Å². The SMILES string of the molecule is CCc1ccccc1NC(=S)N/N=C\c1cccn1Cc1ccc(F)cc1. The molecule has 0 unspecified atom stereocenters. The first-order valence-corrected chi connectivity index (χ1v) is 9.14. The van der Waals surface area contributed by atoms with Gasteiger partial charge in [-0.3, -0.25) is 5.43 Å². The summed E-state index contributed by atoms with van der Waals surface area (Å²) in [5.41, 5.74) is 6.96. The van der Waals surface area contributed by atoms with Gasteiger partial charge in [0.25, 0.3) is 0 Å². The van der Waals surface area contributed by atoms with Gasteiger partial charge in [-0.15, -0.1) is 0 Å². The van der Waals surface area contributed by atoms with E-state index in [-0.39, 0.29) is 5.82 Å². The second-order valence-corrected chi connectivity index (χ2v) is 6.43. The number of hydrogen-bond donors (Lipinski definition) is 2. The van der Waals surface area contributed by atoms with Crippen LogP contribution in [0.5, 0.6) is 0 Å². The van der Waals surface area contributed by atoms with E-state index in [9.17, 15) is 4.39 Å². The van der Waals surface area contributed by atoms with Crippen LogP contribution in [-0.4, -0.2) is 15.9 Å². The standard InChI is InChI=1S/C21H21FN4S/c1-2-17-6-3-4-8-20(17)24-21(27)25-23-14-19-7-5-13-26(19)15-16-9-11-18(22)12-10-16/h3-14H,2,15H2,1H3,(H2,24,25,27)/b23-14-. The van der Waals surface area contributed by atoms with Gasteiger partial charge in [0.1, 0.15) is 5.82 Å². The fourth-order valence-electron chi connectivity index (χ4n) is 2.73. The molecule has 2 N–H and O–H groups in total. The highest BCUT2D eigenvalue weighted by molar-refractivity contribution is 7.80.